The number of likely N-dealkylation sites (N-methyl/N-ethyl adjacent to an activating group) is 1. The molecule has 0 aliphatic heterocycles. The molecule has 0 bridgehead atoms. The second-order valence-electron chi connectivity index (χ2n) is 5.20. The lowest BCUT2D eigenvalue weighted by Crippen LogP contribution is -2.29. The lowest BCUT2D eigenvalue weighted by Gasteiger charge is -2.17. The zero-order valence-corrected chi connectivity index (χ0v) is 12.3. The summed E-state index contributed by atoms with van der Waals surface area (Å²) in [6.07, 6.45) is 1.51. The number of amides is 1. The number of rotatable bonds is 6. The van der Waals surface area contributed by atoms with Gasteiger partial charge in [-0.25, -0.2) is 0 Å². The van der Waals surface area contributed by atoms with Crippen molar-refractivity contribution in [1.82, 2.24) is 4.90 Å². The molecule has 0 N–H and O–H groups in total. The van der Waals surface area contributed by atoms with Crippen LogP contribution in [0.15, 0.2) is 18.2 Å². The highest BCUT2D eigenvalue weighted by molar-refractivity contribution is 5.83. The number of ketones is 1. The van der Waals surface area contributed by atoms with Gasteiger partial charge in [0.25, 0.3) is 0 Å². The molecule has 0 aliphatic carbocycles. The van der Waals surface area contributed by atoms with Crippen molar-refractivity contribution in [3.63, 3.8) is 0 Å². The number of hydrogen-bond donors (Lipinski definition) is 0. The molecule has 1 amide bonds. The van der Waals surface area contributed by atoms with Gasteiger partial charge in [0.2, 0.25) is 5.91 Å². The number of Topliss-reactive ketones (excluding diaryl/α,β-unsaturated/α-hetero) is 1. The van der Waals surface area contributed by atoms with E-state index in [9.17, 15) is 9.59 Å². The third-order valence-electron chi connectivity index (χ3n) is 3.33. The van der Waals surface area contributed by atoms with E-state index in [-0.39, 0.29) is 11.7 Å². The predicted molar refractivity (Wildman–Crippen MR) is 77.2 cm³/mol. The van der Waals surface area contributed by atoms with Crippen LogP contribution in [0.3, 0.4) is 0 Å². The normalized spacial score (nSPS) is 10.3. The second-order valence-corrected chi connectivity index (χ2v) is 5.20. The Morgan fingerprint density at radius 3 is 2.42 bits per heavy atom. The molecule has 1 rings (SSSR count). The number of hydrogen-bond acceptors (Lipinski definition) is 2. The van der Waals surface area contributed by atoms with Gasteiger partial charge in [0.15, 0.2) is 0 Å². The Bertz CT molecular complexity index is 466. The number of carbonyl (C=O) groups excluding carboxylic acids is 2. The standard InChI is InChI=1S/C16H23NO2/c1-12-5-7-15(13(2)11-12)9-10-17(4)16(19)8-6-14(3)18/h5,7,11H,6,8-10H2,1-4H3. The van der Waals surface area contributed by atoms with Crippen LogP contribution in [0, 0.1) is 13.8 Å². The maximum atomic E-state index is 11.8. The van der Waals surface area contributed by atoms with E-state index in [1.807, 2.05) is 0 Å². The maximum absolute atomic E-state index is 11.8. The van der Waals surface area contributed by atoms with E-state index in [1.54, 1.807) is 11.9 Å². The van der Waals surface area contributed by atoms with Crippen LogP contribution in [0.2, 0.25) is 0 Å². The van der Waals surface area contributed by atoms with Crippen LogP contribution in [0.5, 0.6) is 0 Å². The van der Waals surface area contributed by atoms with Gasteiger partial charge in [-0.05, 0) is 38.3 Å². The fourth-order valence-corrected chi connectivity index (χ4v) is 2.01. The van der Waals surface area contributed by atoms with Crippen molar-refractivity contribution < 1.29 is 9.59 Å². The smallest absolute Gasteiger partial charge is 0.222 e. The molecule has 0 heterocycles. The lowest BCUT2D eigenvalue weighted by molar-refractivity contribution is -0.131. The van der Waals surface area contributed by atoms with E-state index in [4.69, 9.17) is 0 Å². The molecule has 0 unspecified atom stereocenters. The molecule has 0 radical (unpaired) electrons. The summed E-state index contributed by atoms with van der Waals surface area (Å²) in [4.78, 5) is 24.3. The first-order valence-corrected chi connectivity index (χ1v) is 6.69. The Hall–Kier alpha value is -1.64. The van der Waals surface area contributed by atoms with Gasteiger partial charge in [-0.1, -0.05) is 23.8 Å². The van der Waals surface area contributed by atoms with Crippen LogP contribution in [0.25, 0.3) is 0 Å². The first-order valence-electron chi connectivity index (χ1n) is 6.69. The van der Waals surface area contributed by atoms with Crippen molar-refractivity contribution in [2.75, 3.05) is 13.6 Å². The van der Waals surface area contributed by atoms with Crippen molar-refractivity contribution >= 4 is 11.7 Å². The van der Waals surface area contributed by atoms with Gasteiger partial charge < -0.3 is 9.69 Å². The Balaban J connectivity index is 2.47. The molecule has 0 aliphatic rings. The van der Waals surface area contributed by atoms with Gasteiger partial charge in [0.1, 0.15) is 5.78 Å². The van der Waals surface area contributed by atoms with Crippen LogP contribution in [0.1, 0.15) is 36.5 Å². The minimum Gasteiger partial charge on any atom is -0.345 e. The molecule has 0 saturated heterocycles. The lowest BCUT2D eigenvalue weighted by atomic mass is 10.0. The second kappa shape index (κ2) is 7.07. The number of nitrogens with zero attached hydrogens (tertiary/aromatic N) is 1. The first kappa shape index (κ1) is 15.4. The molecule has 104 valence electrons. The number of carbonyl (C=O) groups is 2. The van der Waals surface area contributed by atoms with Crippen LogP contribution < -0.4 is 0 Å². The Morgan fingerprint density at radius 2 is 1.84 bits per heavy atom. The van der Waals surface area contributed by atoms with Gasteiger partial charge >= 0.3 is 0 Å². The predicted octanol–water partition coefficient (Wildman–Crippen LogP) is 2.67. The molecule has 0 aromatic heterocycles. The van der Waals surface area contributed by atoms with E-state index in [1.165, 1.54) is 23.6 Å². The molecule has 0 atom stereocenters. The summed E-state index contributed by atoms with van der Waals surface area (Å²) in [5.74, 6) is 0.107. The summed E-state index contributed by atoms with van der Waals surface area (Å²) in [5.41, 5.74) is 3.80. The topological polar surface area (TPSA) is 37.4 Å². The molecule has 0 spiro atoms. The van der Waals surface area contributed by atoms with Crippen molar-refractivity contribution in [2.24, 2.45) is 0 Å². The summed E-state index contributed by atoms with van der Waals surface area (Å²) >= 11 is 0. The van der Waals surface area contributed by atoms with Crippen LogP contribution in [-0.2, 0) is 16.0 Å². The van der Waals surface area contributed by atoms with Crippen LogP contribution >= 0.6 is 0 Å². The molecule has 3 nitrogen and oxygen atoms in total. The third kappa shape index (κ3) is 5.25. The summed E-state index contributed by atoms with van der Waals surface area (Å²) in [6, 6.07) is 6.38. The molecular weight excluding hydrogens is 238 g/mol. The van der Waals surface area contributed by atoms with Crippen molar-refractivity contribution in [3.05, 3.63) is 34.9 Å². The van der Waals surface area contributed by atoms with E-state index in [0.717, 1.165) is 6.42 Å². The maximum Gasteiger partial charge on any atom is 0.222 e. The average molecular weight is 261 g/mol. The van der Waals surface area contributed by atoms with Crippen molar-refractivity contribution in [3.8, 4) is 0 Å². The molecule has 3 heteroatoms. The molecule has 19 heavy (non-hydrogen) atoms. The Morgan fingerprint density at radius 1 is 1.16 bits per heavy atom. The van der Waals surface area contributed by atoms with E-state index in [0.29, 0.717) is 19.4 Å². The molecule has 1 aromatic rings. The summed E-state index contributed by atoms with van der Waals surface area (Å²) in [5, 5.41) is 0. The first-order chi connectivity index (χ1) is 8.90. The van der Waals surface area contributed by atoms with Gasteiger partial charge in [0, 0.05) is 26.4 Å². The van der Waals surface area contributed by atoms with Crippen LogP contribution in [0.4, 0.5) is 0 Å². The minimum atomic E-state index is 0.0416. The molecular formula is C16H23NO2. The van der Waals surface area contributed by atoms with Crippen molar-refractivity contribution in [2.45, 2.75) is 40.0 Å². The van der Waals surface area contributed by atoms with Gasteiger partial charge in [0.05, 0.1) is 0 Å². The SMILES string of the molecule is CC(=O)CCC(=O)N(C)CCc1ccc(C)cc1C. The molecule has 0 saturated carbocycles. The number of aryl methyl sites for hydroxylation is 2. The summed E-state index contributed by atoms with van der Waals surface area (Å²) in [7, 11) is 1.80. The summed E-state index contributed by atoms with van der Waals surface area (Å²) < 4.78 is 0. The van der Waals surface area contributed by atoms with E-state index >= 15 is 0 Å². The highest BCUT2D eigenvalue weighted by atomic mass is 16.2. The highest BCUT2D eigenvalue weighted by Crippen LogP contribution is 2.11. The zero-order valence-electron chi connectivity index (χ0n) is 12.3. The fraction of sp³-hybridized carbons (Fsp3) is 0.500. The van der Waals surface area contributed by atoms with Crippen LogP contribution in [-0.4, -0.2) is 30.2 Å². The van der Waals surface area contributed by atoms with Gasteiger partial charge in [-0.2, -0.15) is 0 Å². The third-order valence-corrected chi connectivity index (χ3v) is 3.33. The van der Waals surface area contributed by atoms with E-state index in [2.05, 4.69) is 32.0 Å². The van der Waals surface area contributed by atoms with Gasteiger partial charge in [-0.3, -0.25) is 4.79 Å². The van der Waals surface area contributed by atoms with E-state index < -0.39 is 0 Å². The van der Waals surface area contributed by atoms with Crippen molar-refractivity contribution in [1.29, 1.82) is 0 Å². The average Bonchev–Trinajstić information content (AvgIpc) is 2.34. The highest BCUT2D eigenvalue weighted by Gasteiger charge is 2.10. The molecule has 0 fully saturated rings. The summed E-state index contributed by atoms with van der Waals surface area (Å²) in [6.45, 7) is 6.39. The zero-order chi connectivity index (χ0) is 14.4. The largest absolute Gasteiger partial charge is 0.345 e. The Kier molecular flexibility index (Phi) is 5.74. The molecule has 1 aromatic carbocycles. The minimum absolute atomic E-state index is 0.0416. The number of benzene rings is 1. The quantitative estimate of drug-likeness (QED) is 0.789. The Labute approximate surface area is 115 Å². The monoisotopic (exact) mass is 261 g/mol. The van der Waals surface area contributed by atoms with Gasteiger partial charge in [-0.15, -0.1) is 0 Å². The fourth-order valence-electron chi connectivity index (χ4n) is 2.01.